The molecule has 1 unspecified atom stereocenters. The number of aliphatic hydroxyl groups excluding tert-OH is 1. The lowest BCUT2D eigenvalue weighted by atomic mass is 10.5. The summed E-state index contributed by atoms with van der Waals surface area (Å²) in [4.78, 5) is 14.6. The molecule has 0 aliphatic carbocycles. The summed E-state index contributed by atoms with van der Waals surface area (Å²) in [5.74, 6) is 0. The van der Waals surface area contributed by atoms with Gasteiger partial charge in [0.1, 0.15) is 0 Å². The topological polar surface area (TPSA) is 52.9 Å². The van der Waals surface area contributed by atoms with Crippen LogP contribution in [0, 0.1) is 0 Å². The molecule has 0 saturated heterocycles. The highest BCUT2D eigenvalue weighted by Crippen LogP contribution is 1.98. The number of nitrogens with zero attached hydrogens (tertiary/aromatic N) is 2. The third-order valence-electron chi connectivity index (χ3n) is 0.952. The molecule has 0 aromatic rings. The van der Waals surface area contributed by atoms with Crippen LogP contribution in [0.1, 0.15) is 0 Å². The minimum absolute atomic E-state index is 0.512. The van der Waals surface area contributed by atoms with Gasteiger partial charge in [-0.2, -0.15) is 0 Å². The molecule has 1 rings (SSSR count). The number of carbonyl (C=O) groups excluding carboxylic acids is 1. The zero-order chi connectivity index (χ0) is 6.69. The number of hydrogen-bond donors (Lipinski definition) is 1. The van der Waals surface area contributed by atoms with Crippen LogP contribution in [-0.2, 0) is 4.79 Å². The van der Waals surface area contributed by atoms with Crippen molar-refractivity contribution >= 4 is 12.6 Å². The standard InChI is InChI=1S/C5H6N2O2/c8-4-7-3-1-2-6-5(7)9/h1-5,9H. The molecule has 48 valence electrons. The molecule has 4 nitrogen and oxygen atoms in total. The smallest absolute Gasteiger partial charge is 0.231 e. The number of aliphatic imine (C=N–C) groups is 1. The van der Waals surface area contributed by atoms with Gasteiger partial charge >= 0.3 is 0 Å². The molecule has 0 saturated carbocycles. The average Bonchev–Trinajstić information content (AvgIpc) is 1.89. The van der Waals surface area contributed by atoms with E-state index in [4.69, 9.17) is 5.11 Å². The van der Waals surface area contributed by atoms with Crippen LogP contribution in [0.4, 0.5) is 0 Å². The molecule has 0 aromatic carbocycles. The predicted molar refractivity (Wildman–Crippen MR) is 31.5 cm³/mol. The Morgan fingerprint density at radius 1 is 1.78 bits per heavy atom. The summed E-state index contributed by atoms with van der Waals surface area (Å²) in [6.45, 7) is 0. The summed E-state index contributed by atoms with van der Waals surface area (Å²) in [7, 11) is 0. The zero-order valence-corrected chi connectivity index (χ0v) is 4.64. The summed E-state index contributed by atoms with van der Waals surface area (Å²) in [5, 5.41) is 8.81. The van der Waals surface area contributed by atoms with E-state index in [0.29, 0.717) is 6.41 Å². The Bertz CT molecular complexity index is 164. The van der Waals surface area contributed by atoms with E-state index in [9.17, 15) is 4.79 Å². The van der Waals surface area contributed by atoms with Crippen LogP contribution in [0.3, 0.4) is 0 Å². The summed E-state index contributed by atoms with van der Waals surface area (Å²) in [5.41, 5.74) is 0. The molecule has 1 amide bonds. The lowest BCUT2D eigenvalue weighted by Crippen LogP contribution is -2.29. The van der Waals surface area contributed by atoms with Gasteiger partial charge < -0.3 is 5.11 Å². The van der Waals surface area contributed by atoms with Gasteiger partial charge in [-0.3, -0.25) is 9.69 Å². The van der Waals surface area contributed by atoms with Gasteiger partial charge in [0.05, 0.1) is 0 Å². The number of aliphatic hydroxyl groups is 1. The Balaban J connectivity index is 2.65. The first-order valence-corrected chi connectivity index (χ1v) is 2.45. The highest BCUT2D eigenvalue weighted by atomic mass is 16.3. The predicted octanol–water partition coefficient (Wildman–Crippen LogP) is -0.681. The molecule has 1 aliphatic heterocycles. The molecule has 9 heavy (non-hydrogen) atoms. The Morgan fingerprint density at radius 3 is 3.00 bits per heavy atom. The third kappa shape index (κ3) is 1.14. The van der Waals surface area contributed by atoms with E-state index in [1.165, 1.54) is 12.4 Å². The number of hydrogen-bond acceptors (Lipinski definition) is 3. The van der Waals surface area contributed by atoms with Crippen LogP contribution in [-0.4, -0.2) is 29.0 Å². The van der Waals surface area contributed by atoms with Crippen LogP contribution in [0.2, 0.25) is 0 Å². The molecule has 1 aliphatic rings. The monoisotopic (exact) mass is 126 g/mol. The van der Waals surface area contributed by atoms with E-state index < -0.39 is 6.35 Å². The molecular formula is C5H6N2O2. The first-order chi connectivity index (χ1) is 4.34. The Kier molecular flexibility index (Phi) is 1.60. The van der Waals surface area contributed by atoms with Gasteiger partial charge in [0, 0.05) is 12.4 Å². The summed E-state index contributed by atoms with van der Waals surface area (Å²) in [6.07, 6.45) is 3.93. The normalized spacial score (nSPS) is 24.6. The van der Waals surface area contributed by atoms with Crippen molar-refractivity contribution in [1.82, 2.24) is 4.90 Å². The van der Waals surface area contributed by atoms with E-state index in [2.05, 4.69) is 4.99 Å². The van der Waals surface area contributed by atoms with Gasteiger partial charge in [0.25, 0.3) is 0 Å². The quantitative estimate of drug-likeness (QED) is 0.473. The fourth-order valence-electron chi connectivity index (χ4n) is 0.508. The maximum absolute atomic E-state index is 10.0. The second-order valence-electron chi connectivity index (χ2n) is 1.54. The molecule has 0 aromatic heterocycles. The zero-order valence-electron chi connectivity index (χ0n) is 4.64. The third-order valence-corrected chi connectivity index (χ3v) is 0.952. The number of amides is 1. The Morgan fingerprint density at radius 2 is 2.56 bits per heavy atom. The highest BCUT2D eigenvalue weighted by molar-refractivity contribution is 5.73. The van der Waals surface area contributed by atoms with Crippen LogP contribution in [0.25, 0.3) is 0 Å². The number of carbonyl (C=O) groups is 1. The first kappa shape index (κ1) is 5.97. The molecular weight excluding hydrogens is 120 g/mol. The van der Waals surface area contributed by atoms with Crippen molar-refractivity contribution in [3.8, 4) is 0 Å². The van der Waals surface area contributed by atoms with Crippen molar-refractivity contribution in [2.75, 3.05) is 0 Å². The van der Waals surface area contributed by atoms with Crippen molar-refractivity contribution in [2.45, 2.75) is 6.35 Å². The van der Waals surface area contributed by atoms with E-state index in [1.54, 1.807) is 6.08 Å². The average molecular weight is 126 g/mol. The van der Waals surface area contributed by atoms with Gasteiger partial charge in [-0.15, -0.1) is 0 Å². The summed E-state index contributed by atoms with van der Waals surface area (Å²) < 4.78 is 0. The lowest BCUT2D eigenvalue weighted by Gasteiger charge is -2.17. The van der Waals surface area contributed by atoms with Crippen molar-refractivity contribution in [3.63, 3.8) is 0 Å². The van der Waals surface area contributed by atoms with Crippen LogP contribution in [0.15, 0.2) is 17.3 Å². The van der Waals surface area contributed by atoms with Crippen molar-refractivity contribution in [2.24, 2.45) is 4.99 Å². The van der Waals surface area contributed by atoms with E-state index in [0.717, 1.165) is 4.90 Å². The molecule has 4 heteroatoms. The summed E-state index contributed by atoms with van der Waals surface area (Å²) in [6, 6.07) is 0. The van der Waals surface area contributed by atoms with Crippen molar-refractivity contribution < 1.29 is 9.90 Å². The molecule has 0 spiro atoms. The largest absolute Gasteiger partial charge is 0.355 e. The van der Waals surface area contributed by atoms with E-state index in [-0.39, 0.29) is 0 Å². The van der Waals surface area contributed by atoms with E-state index in [1.807, 2.05) is 0 Å². The van der Waals surface area contributed by atoms with Crippen LogP contribution < -0.4 is 0 Å². The van der Waals surface area contributed by atoms with Gasteiger partial charge in [-0.1, -0.05) is 0 Å². The lowest BCUT2D eigenvalue weighted by molar-refractivity contribution is -0.122. The van der Waals surface area contributed by atoms with Crippen molar-refractivity contribution in [3.05, 3.63) is 12.3 Å². The maximum Gasteiger partial charge on any atom is 0.231 e. The van der Waals surface area contributed by atoms with E-state index >= 15 is 0 Å². The second kappa shape index (κ2) is 2.41. The number of rotatable bonds is 1. The Hall–Kier alpha value is -1.16. The summed E-state index contributed by atoms with van der Waals surface area (Å²) >= 11 is 0. The molecule has 1 N–H and O–H groups in total. The SMILES string of the molecule is O=CN1C=CC=NC1O. The fourth-order valence-corrected chi connectivity index (χ4v) is 0.508. The Labute approximate surface area is 52.1 Å². The second-order valence-corrected chi connectivity index (χ2v) is 1.54. The molecule has 0 fully saturated rings. The molecule has 0 radical (unpaired) electrons. The van der Waals surface area contributed by atoms with Gasteiger partial charge in [0.15, 0.2) is 0 Å². The maximum atomic E-state index is 10.0. The fraction of sp³-hybridized carbons (Fsp3) is 0.200. The highest BCUT2D eigenvalue weighted by Gasteiger charge is 2.08. The number of allylic oxidation sites excluding steroid dienone is 1. The van der Waals surface area contributed by atoms with Gasteiger partial charge in [-0.25, -0.2) is 4.99 Å². The minimum Gasteiger partial charge on any atom is -0.355 e. The molecule has 1 atom stereocenters. The molecule has 1 heterocycles. The first-order valence-electron chi connectivity index (χ1n) is 2.45. The van der Waals surface area contributed by atoms with Gasteiger partial charge in [-0.05, 0) is 6.08 Å². The van der Waals surface area contributed by atoms with Gasteiger partial charge in [0.2, 0.25) is 12.8 Å². The van der Waals surface area contributed by atoms with Crippen LogP contribution >= 0.6 is 0 Å². The molecule has 0 bridgehead atoms. The van der Waals surface area contributed by atoms with Crippen molar-refractivity contribution in [1.29, 1.82) is 0 Å². The minimum atomic E-state index is -1.03. The van der Waals surface area contributed by atoms with Crippen LogP contribution in [0.5, 0.6) is 0 Å².